The average Bonchev–Trinajstić information content (AvgIpc) is 2.43. The lowest BCUT2D eigenvalue weighted by Crippen LogP contribution is -2.23. The third-order valence-electron chi connectivity index (χ3n) is 2.93. The van der Waals surface area contributed by atoms with Gasteiger partial charge in [0.1, 0.15) is 22.7 Å². The molecular weight excluding hydrogens is 320 g/mol. The quantitative estimate of drug-likeness (QED) is 0.792. The van der Waals surface area contributed by atoms with Crippen LogP contribution in [0.3, 0.4) is 0 Å². The molecule has 0 atom stereocenters. The van der Waals surface area contributed by atoms with Gasteiger partial charge in [-0.15, -0.1) is 0 Å². The van der Waals surface area contributed by atoms with E-state index in [0.29, 0.717) is 23.0 Å². The minimum absolute atomic E-state index is 0.0461. The van der Waals surface area contributed by atoms with Crippen molar-refractivity contribution in [3.63, 3.8) is 0 Å². The molecule has 136 valence electrons. The normalized spacial score (nSPS) is 11.9. The smallest absolute Gasteiger partial charge is 0.165 e. The molecule has 0 unspecified atom stereocenters. The summed E-state index contributed by atoms with van der Waals surface area (Å²) in [6.07, 6.45) is 0. The highest BCUT2D eigenvalue weighted by Crippen LogP contribution is 2.37. The molecule has 0 saturated carbocycles. The van der Waals surface area contributed by atoms with Crippen molar-refractivity contribution < 1.29 is 24.4 Å². The largest absolute Gasteiger partial charge is 0.504 e. The Morgan fingerprint density at radius 2 is 1.00 bits per heavy atom. The molecular formula is C20H26O5. The van der Waals surface area contributed by atoms with Crippen LogP contribution in [0.15, 0.2) is 36.4 Å². The van der Waals surface area contributed by atoms with Gasteiger partial charge in [0.05, 0.1) is 0 Å². The number of phenolic OH excluding ortho intramolecular Hbond substituents is 2. The second-order valence-electron chi connectivity index (χ2n) is 7.79. The Bertz CT molecular complexity index is 675. The lowest BCUT2D eigenvalue weighted by Gasteiger charge is -2.23. The zero-order chi connectivity index (χ0) is 18.8. The van der Waals surface area contributed by atoms with Gasteiger partial charge in [-0.05, 0) is 65.8 Å². The number of aromatic hydroxyl groups is 2. The van der Waals surface area contributed by atoms with Gasteiger partial charge in [0.15, 0.2) is 23.0 Å². The second-order valence-corrected chi connectivity index (χ2v) is 7.79. The Morgan fingerprint density at radius 3 is 1.32 bits per heavy atom. The number of hydrogen-bond acceptors (Lipinski definition) is 5. The number of benzene rings is 2. The van der Waals surface area contributed by atoms with Gasteiger partial charge >= 0.3 is 0 Å². The number of ether oxygens (including phenoxy) is 3. The third kappa shape index (κ3) is 5.78. The molecule has 0 fully saturated rings. The molecule has 0 radical (unpaired) electrons. The van der Waals surface area contributed by atoms with E-state index >= 15 is 0 Å². The molecule has 0 heterocycles. The lowest BCUT2D eigenvalue weighted by molar-refractivity contribution is 0.125. The van der Waals surface area contributed by atoms with Crippen molar-refractivity contribution in [2.24, 2.45) is 0 Å². The van der Waals surface area contributed by atoms with Gasteiger partial charge in [0.25, 0.3) is 0 Å². The standard InChI is InChI=1S/C20H26O5/c1-19(2,3)24-17-11-13(7-9-15(17)21)23-14-8-10-16(22)18(12-14)25-20(4,5)6/h7-12,21-22H,1-6H3. The number of hydrogen-bond donors (Lipinski definition) is 2. The van der Waals surface area contributed by atoms with E-state index in [-0.39, 0.29) is 11.5 Å². The van der Waals surface area contributed by atoms with Crippen LogP contribution in [0.25, 0.3) is 0 Å². The SMILES string of the molecule is CC(C)(C)Oc1cc(Oc2ccc(O)c(OC(C)(C)C)c2)ccc1O. The molecule has 2 N–H and O–H groups in total. The maximum atomic E-state index is 9.94. The maximum absolute atomic E-state index is 9.94. The minimum atomic E-state index is -0.442. The predicted molar refractivity (Wildman–Crippen MR) is 97.0 cm³/mol. The third-order valence-corrected chi connectivity index (χ3v) is 2.93. The van der Waals surface area contributed by atoms with Crippen molar-refractivity contribution >= 4 is 0 Å². The van der Waals surface area contributed by atoms with Gasteiger partial charge in [0, 0.05) is 12.1 Å². The van der Waals surface area contributed by atoms with Crippen molar-refractivity contribution in [2.75, 3.05) is 0 Å². The van der Waals surface area contributed by atoms with Crippen LogP contribution in [0, 0.1) is 0 Å². The molecule has 0 bridgehead atoms. The van der Waals surface area contributed by atoms with Gasteiger partial charge in [-0.3, -0.25) is 0 Å². The van der Waals surface area contributed by atoms with Crippen LogP contribution in [-0.4, -0.2) is 21.4 Å². The molecule has 0 spiro atoms. The van der Waals surface area contributed by atoms with Crippen molar-refractivity contribution in [1.29, 1.82) is 0 Å². The predicted octanol–water partition coefficient (Wildman–Crippen LogP) is 5.24. The highest BCUT2D eigenvalue weighted by Gasteiger charge is 2.17. The summed E-state index contributed by atoms with van der Waals surface area (Å²) in [5.41, 5.74) is -0.884. The average molecular weight is 346 g/mol. The van der Waals surface area contributed by atoms with Crippen LogP contribution in [0.2, 0.25) is 0 Å². The Morgan fingerprint density at radius 1 is 0.640 bits per heavy atom. The summed E-state index contributed by atoms with van der Waals surface area (Å²) in [5.74, 6) is 1.79. The second kappa shape index (κ2) is 6.75. The summed E-state index contributed by atoms with van der Waals surface area (Å²) in [6, 6.07) is 9.56. The Labute approximate surface area is 148 Å². The minimum Gasteiger partial charge on any atom is -0.504 e. The first-order valence-corrected chi connectivity index (χ1v) is 8.15. The molecule has 2 aromatic rings. The lowest BCUT2D eigenvalue weighted by atomic mass is 10.2. The highest BCUT2D eigenvalue weighted by molar-refractivity contribution is 5.49. The van der Waals surface area contributed by atoms with Crippen LogP contribution in [0.4, 0.5) is 0 Å². The summed E-state index contributed by atoms with van der Waals surface area (Å²) < 4.78 is 17.3. The fourth-order valence-electron chi connectivity index (χ4n) is 2.08. The van der Waals surface area contributed by atoms with Gasteiger partial charge in [-0.25, -0.2) is 0 Å². The summed E-state index contributed by atoms with van der Waals surface area (Å²) in [5, 5.41) is 19.9. The monoisotopic (exact) mass is 346 g/mol. The summed E-state index contributed by atoms with van der Waals surface area (Å²) >= 11 is 0. The molecule has 0 aliphatic rings. The first-order chi connectivity index (χ1) is 11.4. The molecule has 0 amide bonds. The first kappa shape index (κ1) is 18.8. The maximum Gasteiger partial charge on any atom is 0.165 e. The zero-order valence-electron chi connectivity index (χ0n) is 15.6. The molecule has 5 heteroatoms. The van der Waals surface area contributed by atoms with E-state index in [4.69, 9.17) is 14.2 Å². The summed E-state index contributed by atoms with van der Waals surface area (Å²) in [7, 11) is 0. The van der Waals surface area contributed by atoms with Crippen LogP contribution in [0.5, 0.6) is 34.5 Å². The van der Waals surface area contributed by atoms with E-state index < -0.39 is 11.2 Å². The van der Waals surface area contributed by atoms with Gasteiger partial charge < -0.3 is 24.4 Å². The van der Waals surface area contributed by atoms with Crippen molar-refractivity contribution in [2.45, 2.75) is 52.7 Å². The molecule has 5 nitrogen and oxygen atoms in total. The number of phenols is 2. The van der Waals surface area contributed by atoms with Crippen LogP contribution < -0.4 is 14.2 Å². The highest BCUT2D eigenvalue weighted by atomic mass is 16.5. The fraction of sp³-hybridized carbons (Fsp3) is 0.400. The van der Waals surface area contributed by atoms with Crippen molar-refractivity contribution in [3.05, 3.63) is 36.4 Å². The fourth-order valence-corrected chi connectivity index (χ4v) is 2.08. The van der Waals surface area contributed by atoms with Gasteiger partial charge in [0.2, 0.25) is 0 Å². The van der Waals surface area contributed by atoms with Crippen LogP contribution >= 0.6 is 0 Å². The zero-order valence-corrected chi connectivity index (χ0v) is 15.6. The summed E-state index contributed by atoms with van der Waals surface area (Å²) in [4.78, 5) is 0. The van der Waals surface area contributed by atoms with Crippen molar-refractivity contribution in [3.8, 4) is 34.5 Å². The van der Waals surface area contributed by atoms with Crippen LogP contribution in [-0.2, 0) is 0 Å². The Hall–Kier alpha value is -2.56. The van der Waals surface area contributed by atoms with E-state index in [2.05, 4.69) is 0 Å². The Balaban J connectivity index is 2.25. The van der Waals surface area contributed by atoms with Gasteiger partial charge in [-0.2, -0.15) is 0 Å². The topological polar surface area (TPSA) is 68.2 Å². The Kier molecular flexibility index (Phi) is 5.07. The number of rotatable bonds is 4. The van der Waals surface area contributed by atoms with E-state index in [0.717, 1.165) is 0 Å². The van der Waals surface area contributed by atoms with Crippen molar-refractivity contribution in [1.82, 2.24) is 0 Å². The molecule has 25 heavy (non-hydrogen) atoms. The first-order valence-electron chi connectivity index (χ1n) is 8.15. The molecule has 2 rings (SSSR count). The molecule has 0 aliphatic carbocycles. The molecule has 0 aliphatic heterocycles. The molecule has 2 aromatic carbocycles. The molecule has 0 saturated heterocycles. The summed E-state index contributed by atoms with van der Waals surface area (Å²) in [6.45, 7) is 11.4. The van der Waals surface area contributed by atoms with E-state index in [9.17, 15) is 10.2 Å². The molecule has 0 aromatic heterocycles. The van der Waals surface area contributed by atoms with Crippen LogP contribution in [0.1, 0.15) is 41.5 Å². The van der Waals surface area contributed by atoms with E-state index in [1.54, 1.807) is 24.3 Å². The van der Waals surface area contributed by atoms with Gasteiger partial charge in [-0.1, -0.05) is 0 Å². The van der Waals surface area contributed by atoms with E-state index in [1.807, 2.05) is 41.5 Å². The van der Waals surface area contributed by atoms with E-state index in [1.165, 1.54) is 12.1 Å².